The van der Waals surface area contributed by atoms with Crippen molar-refractivity contribution in [2.24, 2.45) is 5.73 Å². The average molecular weight is 288 g/mol. The molecule has 0 atom stereocenters. The molecule has 1 heterocycles. The molecule has 20 heavy (non-hydrogen) atoms. The first-order chi connectivity index (χ1) is 9.36. The Labute approximate surface area is 111 Å². The zero-order chi connectivity index (χ0) is 15.2. The molecule has 0 unspecified atom stereocenters. The van der Waals surface area contributed by atoms with Crippen LogP contribution in [0.15, 0.2) is 41.3 Å². The summed E-state index contributed by atoms with van der Waals surface area (Å²) in [6, 6.07) is 7.90. The van der Waals surface area contributed by atoms with Gasteiger partial charge in [0.25, 0.3) is 0 Å². The standard InChI is InChI=1S/C10H10N2O.C2HF3O2/c11-5-8-3-1-2-4-9(8)10-6-13-7-12-10;3-2(4,5)1(6)7/h1-4,6-7H,5,11H2;(H,6,7). The number of rotatable bonds is 2. The van der Waals surface area contributed by atoms with Crippen LogP contribution >= 0.6 is 0 Å². The number of aromatic nitrogens is 1. The molecule has 0 aliphatic rings. The van der Waals surface area contributed by atoms with Crippen LogP contribution in [-0.2, 0) is 11.3 Å². The van der Waals surface area contributed by atoms with E-state index in [9.17, 15) is 13.2 Å². The average Bonchev–Trinajstić information content (AvgIpc) is 2.92. The Morgan fingerprint density at radius 2 is 1.95 bits per heavy atom. The highest BCUT2D eigenvalue weighted by Gasteiger charge is 2.38. The molecule has 2 aromatic rings. The number of alkyl halides is 3. The highest BCUT2D eigenvalue weighted by molar-refractivity contribution is 5.73. The fourth-order valence-corrected chi connectivity index (χ4v) is 1.29. The van der Waals surface area contributed by atoms with Crippen LogP contribution in [0.3, 0.4) is 0 Å². The van der Waals surface area contributed by atoms with Crippen molar-refractivity contribution >= 4 is 5.97 Å². The second-order valence-electron chi connectivity index (χ2n) is 3.54. The number of carboxylic acids is 1. The number of halogens is 3. The van der Waals surface area contributed by atoms with E-state index in [0.29, 0.717) is 6.54 Å². The number of carboxylic acid groups (broad SMARTS) is 1. The zero-order valence-corrected chi connectivity index (χ0v) is 10.1. The van der Waals surface area contributed by atoms with Gasteiger partial charge >= 0.3 is 12.1 Å². The van der Waals surface area contributed by atoms with Crippen LogP contribution in [0.1, 0.15) is 5.56 Å². The molecule has 0 saturated heterocycles. The zero-order valence-electron chi connectivity index (χ0n) is 10.1. The van der Waals surface area contributed by atoms with Gasteiger partial charge in [-0.3, -0.25) is 0 Å². The summed E-state index contributed by atoms with van der Waals surface area (Å²) < 4.78 is 36.7. The van der Waals surface area contributed by atoms with Crippen LogP contribution in [0.25, 0.3) is 11.3 Å². The summed E-state index contributed by atoms with van der Waals surface area (Å²) >= 11 is 0. The van der Waals surface area contributed by atoms with Gasteiger partial charge in [0.15, 0.2) is 6.39 Å². The third kappa shape index (κ3) is 4.39. The first kappa shape index (κ1) is 15.7. The van der Waals surface area contributed by atoms with Crippen LogP contribution in [0.2, 0.25) is 0 Å². The van der Waals surface area contributed by atoms with Crippen LogP contribution in [0, 0.1) is 0 Å². The van der Waals surface area contributed by atoms with Crippen molar-refractivity contribution in [3.63, 3.8) is 0 Å². The highest BCUT2D eigenvalue weighted by Crippen LogP contribution is 2.20. The number of oxazole rings is 1. The Morgan fingerprint density at radius 1 is 1.35 bits per heavy atom. The Balaban J connectivity index is 0.000000246. The molecule has 0 aliphatic carbocycles. The Bertz CT molecular complexity index is 553. The molecule has 0 saturated carbocycles. The lowest BCUT2D eigenvalue weighted by Crippen LogP contribution is -2.21. The Kier molecular flexibility index (Phi) is 5.27. The largest absolute Gasteiger partial charge is 0.490 e. The number of carbonyl (C=O) groups is 1. The molecule has 1 aromatic carbocycles. The summed E-state index contributed by atoms with van der Waals surface area (Å²) in [5.74, 6) is -2.76. The van der Waals surface area contributed by atoms with Crippen molar-refractivity contribution in [2.75, 3.05) is 0 Å². The van der Waals surface area contributed by atoms with E-state index in [4.69, 9.17) is 20.1 Å². The monoisotopic (exact) mass is 288 g/mol. The van der Waals surface area contributed by atoms with E-state index < -0.39 is 12.1 Å². The van der Waals surface area contributed by atoms with Crippen molar-refractivity contribution in [1.29, 1.82) is 0 Å². The molecule has 2 rings (SSSR count). The molecular formula is C12H11F3N2O3. The molecule has 8 heteroatoms. The minimum absolute atomic E-state index is 0.517. The van der Waals surface area contributed by atoms with Gasteiger partial charge in [0.1, 0.15) is 12.0 Å². The van der Waals surface area contributed by atoms with Crippen LogP contribution < -0.4 is 5.73 Å². The van der Waals surface area contributed by atoms with Gasteiger partial charge in [-0.1, -0.05) is 24.3 Å². The van der Waals surface area contributed by atoms with Crippen molar-refractivity contribution < 1.29 is 27.5 Å². The molecule has 108 valence electrons. The molecule has 3 N–H and O–H groups in total. The summed E-state index contributed by atoms with van der Waals surface area (Å²) in [4.78, 5) is 13.0. The summed E-state index contributed by atoms with van der Waals surface area (Å²) in [6.07, 6.45) is -2.04. The summed E-state index contributed by atoms with van der Waals surface area (Å²) in [5.41, 5.74) is 8.55. The molecule has 1 aromatic heterocycles. The fraction of sp³-hybridized carbons (Fsp3) is 0.167. The summed E-state index contributed by atoms with van der Waals surface area (Å²) in [7, 11) is 0. The van der Waals surface area contributed by atoms with Crippen LogP contribution in [0.5, 0.6) is 0 Å². The van der Waals surface area contributed by atoms with E-state index >= 15 is 0 Å². The van der Waals surface area contributed by atoms with Gasteiger partial charge in [0.05, 0.1) is 0 Å². The van der Waals surface area contributed by atoms with Gasteiger partial charge in [-0.25, -0.2) is 9.78 Å². The van der Waals surface area contributed by atoms with E-state index in [1.54, 1.807) is 6.26 Å². The van der Waals surface area contributed by atoms with Gasteiger partial charge in [-0.15, -0.1) is 0 Å². The lowest BCUT2D eigenvalue weighted by atomic mass is 10.1. The number of nitrogens with zero attached hydrogens (tertiary/aromatic N) is 1. The summed E-state index contributed by atoms with van der Waals surface area (Å²) in [6.45, 7) is 0.517. The predicted molar refractivity (Wildman–Crippen MR) is 63.5 cm³/mol. The number of benzene rings is 1. The fourth-order valence-electron chi connectivity index (χ4n) is 1.29. The van der Waals surface area contributed by atoms with Gasteiger partial charge in [0, 0.05) is 12.1 Å². The van der Waals surface area contributed by atoms with Gasteiger partial charge in [-0.05, 0) is 5.56 Å². The van der Waals surface area contributed by atoms with E-state index in [1.807, 2.05) is 24.3 Å². The third-order valence-electron chi connectivity index (χ3n) is 2.19. The van der Waals surface area contributed by atoms with Crippen LogP contribution in [-0.4, -0.2) is 22.2 Å². The second kappa shape index (κ2) is 6.71. The van der Waals surface area contributed by atoms with E-state index in [0.717, 1.165) is 16.8 Å². The molecule has 0 bridgehead atoms. The van der Waals surface area contributed by atoms with Crippen molar-refractivity contribution in [2.45, 2.75) is 12.7 Å². The van der Waals surface area contributed by atoms with Crippen molar-refractivity contribution in [3.8, 4) is 11.3 Å². The Morgan fingerprint density at radius 3 is 2.40 bits per heavy atom. The van der Waals surface area contributed by atoms with E-state index in [-0.39, 0.29) is 0 Å². The number of aliphatic carboxylic acids is 1. The van der Waals surface area contributed by atoms with Crippen molar-refractivity contribution in [1.82, 2.24) is 4.98 Å². The smallest absolute Gasteiger partial charge is 0.475 e. The minimum Gasteiger partial charge on any atom is -0.475 e. The van der Waals surface area contributed by atoms with Gasteiger partial charge in [-0.2, -0.15) is 13.2 Å². The lowest BCUT2D eigenvalue weighted by molar-refractivity contribution is -0.192. The number of hydrogen-bond donors (Lipinski definition) is 2. The topological polar surface area (TPSA) is 89.4 Å². The maximum atomic E-state index is 10.6. The van der Waals surface area contributed by atoms with E-state index in [2.05, 4.69) is 4.98 Å². The number of hydrogen-bond acceptors (Lipinski definition) is 4. The molecule has 0 spiro atoms. The minimum atomic E-state index is -5.08. The maximum Gasteiger partial charge on any atom is 0.490 e. The molecule has 0 fully saturated rings. The number of nitrogens with two attached hydrogens (primary N) is 1. The first-order valence-electron chi connectivity index (χ1n) is 5.33. The SMILES string of the molecule is NCc1ccccc1-c1cocn1.O=C(O)C(F)(F)F. The third-order valence-corrected chi connectivity index (χ3v) is 2.19. The molecule has 0 radical (unpaired) electrons. The van der Waals surface area contributed by atoms with Gasteiger partial charge < -0.3 is 15.3 Å². The highest BCUT2D eigenvalue weighted by atomic mass is 19.4. The summed E-state index contributed by atoms with van der Waals surface area (Å²) in [5, 5.41) is 7.12. The maximum absolute atomic E-state index is 10.6. The quantitative estimate of drug-likeness (QED) is 0.885. The van der Waals surface area contributed by atoms with Crippen LogP contribution in [0.4, 0.5) is 13.2 Å². The molecule has 5 nitrogen and oxygen atoms in total. The first-order valence-corrected chi connectivity index (χ1v) is 5.33. The Hall–Kier alpha value is -2.35. The predicted octanol–water partition coefficient (Wildman–Crippen LogP) is 2.43. The molecule has 0 aliphatic heterocycles. The molecule has 0 amide bonds. The van der Waals surface area contributed by atoms with Crippen molar-refractivity contribution in [3.05, 3.63) is 42.5 Å². The second-order valence-corrected chi connectivity index (χ2v) is 3.54. The normalized spacial score (nSPS) is 10.6. The van der Waals surface area contributed by atoms with E-state index in [1.165, 1.54) is 6.39 Å². The lowest BCUT2D eigenvalue weighted by Gasteiger charge is -2.02. The van der Waals surface area contributed by atoms with Gasteiger partial charge in [0.2, 0.25) is 0 Å². The molecular weight excluding hydrogens is 277 g/mol.